The average molecular weight is 401 g/mol. The van der Waals surface area contributed by atoms with E-state index in [9.17, 15) is 0 Å². The third-order valence-corrected chi connectivity index (χ3v) is 6.22. The summed E-state index contributed by atoms with van der Waals surface area (Å²) in [6.07, 6.45) is 7.17. The zero-order valence-corrected chi connectivity index (χ0v) is 18.8. The van der Waals surface area contributed by atoms with Gasteiger partial charge >= 0.3 is 0 Å². The van der Waals surface area contributed by atoms with Gasteiger partial charge in [0.2, 0.25) is 0 Å². The van der Waals surface area contributed by atoms with Gasteiger partial charge in [0.1, 0.15) is 11.6 Å². The van der Waals surface area contributed by atoms with Crippen LogP contribution >= 0.6 is 0 Å². The van der Waals surface area contributed by atoms with Crippen molar-refractivity contribution in [2.75, 3.05) is 39.3 Å². The van der Waals surface area contributed by atoms with Gasteiger partial charge in [0, 0.05) is 25.1 Å². The normalized spacial score (nSPS) is 15.4. The van der Waals surface area contributed by atoms with E-state index < -0.39 is 0 Å². The predicted molar refractivity (Wildman–Crippen MR) is 122 cm³/mol. The third kappa shape index (κ3) is 5.95. The van der Waals surface area contributed by atoms with Crippen molar-refractivity contribution in [1.82, 2.24) is 19.8 Å². The molecule has 3 rings (SSSR count). The van der Waals surface area contributed by atoms with E-state index in [0.717, 1.165) is 63.6 Å². The molecule has 2 aromatic rings. The molecule has 1 fully saturated rings. The van der Waals surface area contributed by atoms with Gasteiger partial charge in [-0.3, -0.25) is 0 Å². The maximum atomic E-state index is 6.11. The van der Waals surface area contributed by atoms with Crippen LogP contribution in [0.2, 0.25) is 0 Å². The molecule has 1 aliphatic heterocycles. The fourth-order valence-electron chi connectivity index (χ4n) is 4.38. The Balaban J connectivity index is 1.73. The van der Waals surface area contributed by atoms with E-state index in [0.29, 0.717) is 5.92 Å². The molecule has 2 heterocycles. The van der Waals surface area contributed by atoms with Crippen LogP contribution in [0.25, 0.3) is 11.0 Å². The van der Waals surface area contributed by atoms with E-state index in [4.69, 9.17) is 9.72 Å². The summed E-state index contributed by atoms with van der Waals surface area (Å²) >= 11 is 0. The Morgan fingerprint density at radius 3 is 2.62 bits per heavy atom. The van der Waals surface area contributed by atoms with Crippen LogP contribution in [0.3, 0.4) is 0 Å². The lowest BCUT2D eigenvalue weighted by Crippen LogP contribution is -2.28. The summed E-state index contributed by atoms with van der Waals surface area (Å²) in [5.41, 5.74) is 2.36. The zero-order chi connectivity index (χ0) is 20.5. The first-order valence-corrected chi connectivity index (χ1v) is 11.8. The molecular formula is C24H40N4O. The summed E-state index contributed by atoms with van der Waals surface area (Å²) in [7, 11) is 0. The summed E-state index contributed by atoms with van der Waals surface area (Å²) in [4.78, 5) is 7.52. The van der Waals surface area contributed by atoms with Crippen LogP contribution in [0.4, 0.5) is 0 Å². The van der Waals surface area contributed by atoms with E-state index in [1.54, 1.807) is 0 Å². The minimum Gasteiger partial charge on any atom is -0.493 e. The minimum atomic E-state index is 0.573. The first-order valence-electron chi connectivity index (χ1n) is 11.8. The number of unbranched alkanes of at least 4 members (excludes halogenated alkanes) is 2. The highest BCUT2D eigenvalue weighted by atomic mass is 16.5. The molecule has 5 heteroatoms. The van der Waals surface area contributed by atoms with Crippen molar-refractivity contribution in [2.24, 2.45) is 0 Å². The number of imidazole rings is 1. The van der Waals surface area contributed by atoms with E-state index >= 15 is 0 Å². The van der Waals surface area contributed by atoms with Crippen LogP contribution in [0.15, 0.2) is 18.2 Å². The Morgan fingerprint density at radius 1 is 1.10 bits per heavy atom. The molecule has 0 radical (unpaired) electrons. The second-order valence-electron chi connectivity index (χ2n) is 8.23. The highest BCUT2D eigenvalue weighted by Gasteiger charge is 2.22. The van der Waals surface area contributed by atoms with Crippen LogP contribution in [0.5, 0.6) is 5.75 Å². The Hall–Kier alpha value is -1.59. The lowest BCUT2D eigenvalue weighted by molar-refractivity contribution is 0.249. The van der Waals surface area contributed by atoms with Crippen molar-refractivity contribution in [1.29, 1.82) is 0 Å². The van der Waals surface area contributed by atoms with Crippen molar-refractivity contribution in [3.05, 3.63) is 24.0 Å². The Morgan fingerprint density at radius 2 is 1.90 bits per heavy atom. The van der Waals surface area contributed by atoms with Crippen molar-refractivity contribution in [2.45, 2.75) is 71.8 Å². The van der Waals surface area contributed by atoms with E-state index in [1.165, 1.54) is 43.4 Å². The smallest absolute Gasteiger partial charge is 0.121 e. The molecule has 0 atom stereocenters. The quantitative estimate of drug-likeness (QED) is 0.520. The van der Waals surface area contributed by atoms with Crippen LogP contribution in [0, 0.1) is 0 Å². The van der Waals surface area contributed by atoms with Crippen LogP contribution < -0.4 is 10.1 Å². The molecule has 0 spiro atoms. The number of rotatable bonds is 12. The lowest BCUT2D eigenvalue weighted by atomic mass is 9.97. The van der Waals surface area contributed by atoms with Crippen molar-refractivity contribution < 1.29 is 4.74 Å². The predicted octanol–water partition coefficient (Wildman–Crippen LogP) is 4.80. The topological polar surface area (TPSA) is 42.3 Å². The highest BCUT2D eigenvalue weighted by Crippen LogP contribution is 2.30. The number of fused-ring (bicyclic) bond motifs is 1. The standard InChI is InChI=1S/C24H40N4O/c1-4-7-8-17-28-23-19-21(29-18-9-16-27(5-2)6-3)10-11-22(23)26-24(28)20-12-14-25-15-13-20/h10-11,19-20,25H,4-9,12-18H2,1-3H3. The number of aromatic nitrogens is 2. The SMILES string of the molecule is CCCCCn1c(C2CCNCC2)nc2ccc(OCCCN(CC)CC)cc21. The van der Waals surface area contributed by atoms with E-state index in [1.807, 2.05) is 0 Å². The molecule has 1 aliphatic rings. The molecule has 29 heavy (non-hydrogen) atoms. The number of hydrogen-bond acceptors (Lipinski definition) is 4. The number of piperidine rings is 1. The molecular weight excluding hydrogens is 360 g/mol. The Bertz CT molecular complexity index is 732. The molecule has 0 amide bonds. The monoisotopic (exact) mass is 400 g/mol. The van der Waals surface area contributed by atoms with Crippen LogP contribution in [-0.4, -0.2) is 53.8 Å². The van der Waals surface area contributed by atoms with Crippen molar-refractivity contribution >= 4 is 11.0 Å². The van der Waals surface area contributed by atoms with Gasteiger partial charge in [-0.25, -0.2) is 4.98 Å². The number of aryl methyl sites for hydroxylation is 1. The molecule has 1 aromatic heterocycles. The maximum Gasteiger partial charge on any atom is 0.121 e. The molecule has 0 unspecified atom stereocenters. The summed E-state index contributed by atoms with van der Waals surface area (Å²) in [5, 5.41) is 3.48. The van der Waals surface area contributed by atoms with Crippen LogP contribution in [0.1, 0.15) is 71.0 Å². The average Bonchev–Trinajstić information content (AvgIpc) is 3.12. The van der Waals surface area contributed by atoms with Gasteiger partial charge in [0.25, 0.3) is 0 Å². The second-order valence-corrected chi connectivity index (χ2v) is 8.23. The molecule has 162 valence electrons. The van der Waals surface area contributed by atoms with Crippen molar-refractivity contribution in [3.8, 4) is 5.75 Å². The number of benzene rings is 1. The van der Waals surface area contributed by atoms with Crippen LogP contribution in [-0.2, 0) is 6.54 Å². The fourth-order valence-corrected chi connectivity index (χ4v) is 4.38. The first-order chi connectivity index (χ1) is 14.3. The van der Waals surface area contributed by atoms with Gasteiger partial charge in [-0.15, -0.1) is 0 Å². The fraction of sp³-hybridized carbons (Fsp3) is 0.708. The van der Waals surface area contributed by atoms with Gasteiger partial charge < -0.3 is 19.5 Å². The molecule has 1 N–H and O–H groups in total. The number of nitrogens with one attached hydrogen (secondary N) is 1. The molecule has 1 aromatic carbocycles. The van der Waals surface area contributed by atoms with Gasteiger partial charge in [0.05, 0.1) is 17.6 Å². The maximum absolute atomic E-state index is 6.11. The zero-order valence-electron chi connectivity index (χ0n) is 18.8. The Kier molecular flexibility index (Phi) is 8.81. The second kappa shape index (κ2) is 11.6. The van der Waals surface area contributed by atoms with Gasteiger partial charge in [0.15, 0.2) is 0 Å². The summed E-state index contributed by atoms with van der Waals surface area (Å²) < 4.78 is 8.60. The number of ether oxygens (including phenoxy) is 1. The van der Waals surface area contributed by atoms with Gasteiger partial charge in [-0.2, -0.15) is 0 Å². The third-order valence-electron chi connectivity index (χ3n) is 6.22. The van der Waals surface area contributed by atoms with E-state index in [2.05, 4.69) is 53.8 Å². The van der Waals surface area contributed by atoms with E-state index in [-0.39, 0.29) is 0 Å². The minimum absolute atomic E-state index is 0.573. The molecule has 0 aliphatic carbocycles. The van der Waals surface area contributed by atoms with Crippen molar-refractivity contribution in [3.63, 3.8) is 0 Å². The number of nitrogens with zero attached hydrogens (tertiary/aromatic N) is 3. The van der Waals surface area contributed by atoms with Gasteiger partial charge in [-0.05, 0) is 64.0 Å². The number of hydrogen-bond donors (Lipinski definition) is 1. The highest BCUT2D eigenvalue weighted by molar-refractivity contribution is 5.78. The first kappa shape index (κ1) is 22.1. The summed E-state index contributed by atoms with van der Waals surface area (Å²) in [6.45, 7) is 14.1. The largest absolute Gasteiger partial charge is 0.493 e. The lowest BCUT2D eigenvalue weighted by Gasteiger charge is -2.23. The summed E-state index contributed by atoms with van der Waals surface area (Å²) in [5.74, 6) is 2.84. The molecule has 0 saturated carbocycles. The van der Waals surface area contributed by atoms with Gasteiger partial charge in [-0.1, -0.05) is 33.6 Å². The molecule has 1 saturated heterocycles. The molecule has 5 nitrogen and oxygen atoms in total. The Labute approximate surface area is 176 Å². The summed E-state index contributed by atoms with van der Waals surface area (Å²) in [6, 6.07) is 6.46. The molecule has 0 bridgehead atoms.